The number of nitrogens with zero attached hydrogens (tertiary/aromatic N) is 1. The van der Waals surface area contributed by atoms with Crippen LogP contribution >= 0.6 is 0 Å². The Labute approximate surface area is 138 Å². The summed E-state index contributed by atoms with van der Waals surface area (Å²) in [5.41, 5.74) is -2.42. The molecule has 3 rings (SSSR count). The summed E-state index contributed by atoms with van der Waals surface area (Å²) in [6.45, 7) is 7.83. The van der Waals surface area contributed by atoms with E-state index >= 15 is 0 Å². The van der Waals surface area contributed by atoms with E-state index in [0.717, 1.165) is 25.9 Å². The van der Waals surface area contributed by atoms with Gasteiger partial charge in [0.05, 0.1) is 20.1 Å². The van der Waals surface area contributed by atoms with Gasteiger partial charge in [0.1, 0.15) is 5.41 Å². The fraction of sp³-hybridized carbons (Fsp3) is 0.833. The van der Waals surface area contributed by atoms with E-state index < -0.39 is 22.0 Å². The monoisotopic (exact) mass is 321 g/mol. The van der Waals surface area contributed by atoms with Crippen molar-refractivity contribution in [2.75, 3.05) is 27.2 Å². The number of piperidine rings is 1. The third-order valence-corrected chi connectivity index (χ3v) is 7.58. The zero-order valence-corrected chi connectivity index (χ0v) is 15.0. The molecule has 5 nitrogen and oxygen atoms in total. The normalized spacial score (nSPS) is 42.1. The number of nitrogens with one attached hydrogen (secondary N) is 1. The molecule has 1 heterocycles. The zero-order chi connectivity index (χ0) is 17.2. The molecule has 2 bridgehead atoms. The number of amides is 1. The summed E-state index contributed by atoms with van der Waals surface area (Å²) in [4.78, 5) is 42.0. The highest BCUT2D eigenvalue weighted by Crippen LogP contribution is 2.69. The molecule has 0 aromatic carbocycles. The van der Waals surface area contributed by atoms with Crippen molar-refractivity contribution >= 4 is 17.5 Å². The molecule has 0 unspecified atom stereocenters. The van der Waals surface area contributed by atoms with Crippen molar-refractivity contribution in [1.82, 2.24) is 4.90 Å². The van der Waals surface area contributed by atoms with E-state index in [4.69, 9.17) is 0 Å². The number of likely N-dealkylation sites (tertiary alicyclic amines) is 1. The molecule has 128 valence electrons. The number of rotatable bonds is 2. The van der Waals surface area contributed by atoms with Gasteiger partial charge in [-0.3, -0.25) is 14.4 Å². The second-order valence-corrected chi connectivity index (χ2v) is 8.63. The Kier molecular flexibility index (Phi) is 3.53. The molecule has 2 aliphatic carbocycles. The number of carbonyl (C=O) groups is 3. The van der Waals surface area contributed by atoms with Gasteiger partial charge in [-0.25, -0.2) is 0 Å². The first-order valence-corrected chi connectivity index (χ1v) is 8.77. The largest absolute Gasteiger partial charge is 0.341 e. The summed E-state index contributed by atoms with van der Waals surface area (Å²) >= 11 is 0. The molecule has 0 aromatic rings. The summed E-state index contributed by atoms with van der Waals surface area (Å²) in [6.07, 6.45) is 3.08. The van der Waals surface area contributed by atoms with Crippen molar-refractivity contribution in [2.45, 2.75) is 52.5 Å². The molecule has 0 radical (unpaired) electrons. The standard InChI is InChI=1S/C18H28N2O3/c1-16(2)17(3)8-9-18(16,14(22)13(17)21)15(23)20(5)12-6-10-19(4)11-7-12/h12H,6-11H2,1-5H3/p+1/t17-,18+/m0/s1. The van der Waals surface area contributed by atoms with Gasteiger partial charge in [-0.15, -0.1) is 0 Å². The van der Waals surface area contributed by atoms with Crippen LogP contribution in [0.1, 0.15) is 46.5 Å². The molecule has 2 atom stereocenters. The first-order chi connectivity index (χ1) is 10.6. The van der Waals surface area contributed by atoms with Crippen LogP contribution in [0, 0.1) is 16.2 Å². The molecule has 3 fully saturated rings. The number of fused-ring (bicyclic) bond motifs is 2. The molecule has 1 amide bonds. The molecule has 1 aliphatic heterocycles. The highest BCUT2D eigenvalue weighted by atomic mass is 16.2. The average Bonchev–Trinajstić information content (AvgIpc) is 2.79. The smallest absolute Gasteiger partial charge is 0.237 e. The Morgan fingerprint density at radius 1 is 1.09 bits per heavy atom. The molecule has 23 heavy (non-hydrogen) atoms. The molecule has 5 heteroatoms. The topological polar surface area (TPSA) is 58.9 Å². The fourth-order valence-electron chi connectivity index (χ4n) is 5.19. The lowest BCUT2D eigenvalue weighted by Crippen LogP contribution is -3.10. The summed E-state index contributed by atoms with van der Waals surface area (Å²) < 4.78 is 0. The number of hydrogen-bond donors (Lipinski definition) is 1. The van der Waals surface area contributed by atoms with Crippen molar-refractivity contribution in [3.05, 3.63) is 0 Å². The van der Waals surface area contributed by atoms with Crippen LogP contribution in [0.15, 0.2) is 0 Å². The van der Waals surface area contributed by atoms with E-state index in [2.05, 4.69) is 7.05 Å². The van der Waals surface area contributed by atoms with Crippen molar-refractivity contribution < 1.29 is 19.3 Å². The van der Waals surface area contributed by atoms with Gasteiger partial charge in [-0.1, -0.05) is 20.8 Å². The highest BCUT2D eigenvalue weighted by molar-refractivity contribution is 6.48. The predicted molar refractivity (Wildman–Crippen MR) is 86.0 cm³/mol. The van der Waals surface area contributed by atoms with Crippen LogP contribution in [-0.4, -0.2) is 55.6 Å². The van der Waals surface area contributed by atoms with Crippen LogP contribution in [0.2, 0.25) is 0 Å². The van der Waals surface area contributed by atoms with Crippen molar-refractivity contribution in [1.29, 1.82) is 0 Å². The number of ketones is 2. The van der Waals surface area contributed by atoms with Crippen LogP contribution in [0.3, 0.4) is 0 Å². The fourth-order valence-corrected chi connectivity index (χ4v) is 5.19. The summed E-state index contributed by atoms with van der Waals surface area (Å²) in [7, 11) is 3.99. The molecule has 1 N–H and O–H groups in total. The number of carbonyl (C=O) groups excluding carboxylic acids is 3. The van der Waals surface area contributed by atoms with E-state index in [-0.39, 0.29) is 17.7 Å². The van der Waals surface area contributed by atoms with Crippen LogP contribution in [0.5, 0.6) is 0 Å². The minimum absolute atomic E-state index is 0.119. The van der Waals surface area contributed by atoms with Crippen LogP contribution in [0.4, 0.5) is 0 Å². The molecule has 2 saturated carbocycles. The SMILES string of the molecule is CN(C(=O)[C@@]12CC[C@@](C)(C(=O)C1=O)C2(C)C)C1CC[NH+](C)CC1. The molecular weight excluding hydrogens is 292 g/mol. The Balaban J connectivity index is 1.92. The van der Waals surface area contributed by atoms with E-state index in [1.807, 2.05) is 27.8 Å². The zero-order valence-electron chi connectivity index (χ0n) is 15.0. The third kappa shape index (κ3) is 1.80. The van der Waals surface area contributed by atoms with Gasteiger partial charge >= 0.3 is 0 Å². The van der Waals surface area contributed by atoms with E-state index in [1.165, 1.54) is 4.90 Å². The molecule has 1 saturated heterocycles. The van der Waals surface area contributed by atoms with E-state index in [0.29, 0.717) is 12.8 Å². The third-order valence-electron chi connectivity index (χ3n) is 7.58. The number of Topliss-reactive ketones (excluding diaryl/α,β-unsaturated/α-hetero) is 2. The lowest BCUT2D eigenvalue weighted by molar-refractivity contribution is -0.885. The van der Waals surface area contributed by atoms with Gasteiger partial charge < -0.3 is 9.80 Å². The summed E-state index contributed by atoms with van der Waals surface area (Å²) in [5, 5.41) is 0. The Morgan fingerprint density at radius 2 is 1.65 bits per heavy atom. The minimum atomic E-state index is -1.14. The van der Waals surface area contributed by atoms with Gasteiger partial charge in [-0.05, 0) is 18.3 Å². The number of hydrogen-bond acceptors (Lipinski definition) is 3. The lowest BCUT2D eigenvalue weighted by atomic mass is 9.64. The molecular formula is C18H29N2O3+. The van der Waals surface area contributed by atoms with E-state index in [9.17, 15) is 14.4 Å². The second-order valence-electron chi connectivity index (χ2n) is 8.63. The van der Waals surface area contributed by atoms with E-state index in [1.54, 1.807) is 4.90 Å². The first-order valence-electron chi connectivity index (χ1n) is 8.77. The van der Waals surface area contributed by atoms with Crippen LogP contribution in [0.25, 0.3) is 0 Å². The number of quaternary nitrogens is 1. The maximum Gasteiger partial charge on any atom is 0.237 e. The van der Waals surface area contributed by atoms with Crippen molar-refractivity contribution in [3.8, 4) is 0 Å². The van der Waals surface area contributed by atoms with Gasteiger partial charge in [-0.2, -0.15) is 0 Å². The van der Waals surface area contributed by atoms with Crippen LogP contribution in [-0.2, 0) is 14.4 Å². The summed E-state index contributed by atoms with van der Waals surface area (Å²) in [5.74, 6) is -0.887. The van der Waals surface area contributed by atoms with Gasteiger partial charge in [0.15, 0.2) is 0 Å². The van der Waals surface area contributed by atoms with Gasteiger partial charge in [0.2, 0.25) is 17.5 Å². The summed E-state index contributed by atoms with van der Waals surface area (Å²) in [6, 6.07) is 0.187. The first kappa shape index (κ1) is 16.6. The van der Waals surface area contributed by atoms with Gasteiger partial charge in [0.25, 0.3) is 0 Å². The molecule has 3 aliphatic rings. The second kappa shape index (κ2) is 4.88. The maximum absolute atomic E-state index is 13.4. The maximum atomic E-state index is 13.4. The molecule has 0 spiro atoms. The molecule has 0 aromatic heterocycles. The predicted octanol–water partition coefficient (Wildman–Crippen LogP) is 0.0864. The Bertz CT molecular complexity index is 577. The highest BCUT2D eigenvalue weighted by Gasteiger charge is 2.78. The van der Waals surface area contributed by atoms with Crippen molar-refractivity contribution in [2.24, 2.45) is 16.2 Å². The lowest BCUT2D eigenvalue weighted by Gasteiger charge is -2.42. The average molecular weight is 321 g/mol. The van der Waals surface area contributed by atoms with Crippen molar-refractivity contribution in [3.63, 3.8) is 0 Å². The Hall–Kier alpha value is -1.23. The van der Waals surface area contributed by atoms with Gasteiger partial charge in [0, 0.05) is 31.3 Å². The van der Waals surface area contributed by atoms with Crippen LogP contribution < -0.4 is 4.90 Å². The quantitative estimate of drug-likeness (QED) is 0.579. The Morgan fingerprint density at radius 3 is 2.13 bits per heavy atom. The minimum Gasteiger partial charge on any atom is -0.341 e.